The average molecular weight is 253 g/mol. The number of nitrogens with zero attached hydrogens (tertiary/aromatic N) is 1. The van der Waals surface area contributed by atoms with E-state index in [0.29, 0.717) is 0 Å². The summed E-state index contributed by atoms with van der Waals surface area (Å²) in [5.74, 6) is 0.0759. The molecule has 102 valence electrons. The molecule has 0 aromatic heterocycles. The zero-order valence-corrected chi connectivity index (χ0v) is 10.8. The van der Waals surface area contributed by atoms with Gasteiger partial charge in [-0.25, -0.2) is 0 Å². The molecule has 0 aromatic rings. The zero-order chi connectivity index (χ0) is 13.1. The maximum Gasteiger partial charge on any atom is 0.239 e. The first-order valence-corrected chi connectivity index (χ1v) is 6.93. The SMILES string of the molecule is NC(=O)C1CCC(C(N)C(=O)N2CCCC2)CC1. The van der Waals surface area contributed by atoms with Gasteiger partial charge in [0.1, 0.15) is 0 Å². The molecule has 2 fully saturated rings. The molecular weight excluding hydrogens is 230 g/mol. The van der Waals surface area contributed by atoms with Gasteiger partial charge in [0.2, 0.25) is 11.8 Å². The molecule has 18 heavy (non-hydrogen) atoms. The van der Waals surface area contributed by atoms with Gasteiger partial charge in [0, 0.05) is 19.0 Å². The van der Waals surface area contributed by atoms with Gasteiger partial charge in [-0.15, -0.1) is 0 Å². The summed E-state index contributed by atoms with van der Waals surface area (Å²) in [5.41, 5.74) is 11.4. The summed E-state index contributed by atoms with van der Waals surface area (Å²) in [6.07, 6.45) is 5.42. The first kappa shape index (κ1) is 13.3. The molecule has 1 atom stereocenters. The van der Waals surface area contributed by atoms with Crippen molar-refractivity contribution in [1.29, 1.82) is 0 Å². The first-order valence-electron chi connectivity index (χ1n) is 6.93. The minimum absolute atomic E-state index is 0.0182. The fourth-order valence-corrected chi connectivity index (χ4v) is 3.11. The Bertz CT molecular complexity index is 318. The molecule has 1 aliphatic carbocycles. The first-order chi connectivity index (χ1) is 8.59. The van der Waals surface area contributed by atoms with Crippen molar-refractivity contribution in [1.82, 2.24) is 4.90 Å². The fraction of sp³-hybridized carbons (Fsp3) is 0.846. The number of primary amides is 1. The standard InChI is InChI=1S/C13H23N3O2/c14-11(13(18)16-7-1-2-8-16)9-3-5-10(6-4-9)12(15)17/h9-11H,1-8,14H2,(H2,15,17). The van der Waals surface area contributed by atoms with Crippen LogP contribution < -0.4 is 11.5 Å². The van der Waals surface area contributed by atoms with Gasteiger partial charge in [-0.05, 0) is 44.4 Å². The quantitative estimate of drug-likeness (QED) is 0.754. The number of hydrogen-bond acceptors (Lipinski definition) is 3. The van der Waals surface area contributed by atoms with Gasteiger partial charge >= 0.3 is 0 Å². The molecule has 1 saturated heterocycles. The molecule has 1 saturated carbocycles. The van der Waals surface area contributed by atoms with Crippen molar-refractivity contribution in [3.05, 3.63) is 0 Å². The van der Waals surface area contributed by atoms with E-state index in [9.17, 15) is 9.59 Å². The Hall–Kier alpha value is -1.10. The van der Waals surface area contributed by atoms with E-state index in [1.807, 2.05) is 4.90 Å². The summed E-state index contributed by atoms with van der Waals surface area (Å²) >= 11 is 0. The fourth-order valence-electron chi connectivity index (χ4n) is 3.11. The van der Waals surface area contributed by atoms with Crippen LogP contribution >= 0.6 is 0 Å². The van der Waals surface area contributed by atoms with Gasteiger partial charge < -0.3 is 16.4 Å². The smallest absolute Gasteiger partial charge is 0.239 e. The predicted molar refractivity (Wildman–Crippen MR) is 68.4 cm³/mol. The van der Waals surface area contributed by atoms with Crippen LogP contribution in [0, 0.1) is 11.8 Å². The second-order valence-corrected chi connectivity index (χ2v) is 5.57. The minimum Gasteiger partial charge on any atom is -0.369 e. The molecule has 1 aliphatic heterocycles. The van der Waals surface area contributed by atoms with E-state index in [2.05, 4.69) is 0 Å². The highest BCUT2D eigenvalue weighted by molar-refractivity contribution is 5.82. The highest BCUT2D eigenvalue weighted by atomic mass is 16.2. The maximum atomic E-state index is 12.2. The Morgan fingerprint density at radius 3 is 2.11 bits per heavy atom. The topological polar surface area (TPSA) is 89.4 Å². The van der Waals surface area contributed by atoms with Crippen LogP contribution in [0.1, 0.15) is 38.5 Å². The predicted octanol–water partition coefficient (Wildman–Crippen LogP) is 0.228. The third kappa shape index (κ3) is 2.83. The molecule has 5 heteroatoms. The molecule has 0 radical (unpaired) electrons. The summed E-state index contributed by atoms with van der Waals surface area (Å²) < 4.78 is 0. The number of amides is 2. The average Bonchev–Trinajstić information content (AvgIpc) is 2.91. The summed E-state index contributed by atoms with van der Waals surface area (Å²) in [6.45, 7) is 1.70. The van der Waals surface area contributed by atoms with Crippen molar-refractivity contribution in [2.45, 2.75) is 44.6 Å². The molecule has 4 N–H and O–H groups in total. The second kappa shape index (κ2) is 5.69. The van der Waals surface area contributed by atoms with Gasteiger partial charge in [-0.2, -0.15) is 0 Å². The number of nitrogens with two attached hydrogens (primary N) is 2. The van der Waals surface area contributed by atoms with E-state index in [4.69, 9.17) is 11.5 Å². The highest BCUT2D eigenvalue weighted by Gasteiger charge is 2.33. The van der Waals surface area contributed by atoms with Gasteiger partial charge in [0.15, 0.2) is 0 Å². The van der Waals surface area contributed by atoms with E-state index in [1.54, 1.807) is 0 Å². The number of likely N-dealkylation sites (tertiary alicyclic amines) is 1. The molecule has 2 rings (SSSR count). The Balaban J connectivity index is 1.84. The molecule has 0 spiro atoms. The molecular formula is C13H23N3O2. The third-order valence-electron chi connectivity index (χ3n) is 4.38. The van der Waals surface area contributed by atoms with Crippen LogP contribution in [0.3, 0.4) is 0 Å². The molecule has 0 bridgehead atoms. The van der Waals surface area contributed by atoms with Crippen LogP contribution in [-0.2, 0) is 9.59 Å². The van der Waals surface area contributed by atoms with Crippen LogP contribution in [0.2, 0.25) is 0 Å². The van der Waals surface area contributed by atoms with Crippen molar-refractivity contribution in [2.24, 2.45) is 23.3 Å². The normalized spacial score (nSPS) is 30.2. The summed E-state index contributed by atoms with van der Waals surface area (Å²) in [5, 5.41) is 0. The van der Waals surface area contributed by atoms with Gasteiger partial charge in [0.05, 0.1) is 6.04 Å². The van der Waals surface area contributed by atoms with Crippen molar-refractivity contribution < 1.29 is 9.59 Å². The van der Waals surface area contributed by atoms with E-state index in [1.165, 1.54) is 0 Å². The summed E-state index contributed by atoms with van der Waals surface area (Å²) in [7, 11) is 0. The van der Waals surface area contributed by atoms with Crippen LogP contribution in [0.5, 0.6) is 0 Å². The molecule has 0 aromatic carbocycles. The van der Waals surface area contributed by atoms with Crippen molar-refractivity contribution >= 4 is 11.8 Å². The Morgan fingerprint density at radius 2 is 1.61 bits per heavy atom. The Morgan fingerprint density at radius 1 is 1.06 bits per heavy atom. The van der Waals surface area contributed by atoms with Crippen LogP contribution in [-0.4, -0.2) is 35.8 Å². The maximum absolute atomic E-state index is 12.2. The lowest BCUT2D eigenvalue weighted by Gasteiger charge is -2.32. The number of carbonyl (C=O) groups is 2. The lowest BCUT2D eigenvalue weighted by Crippen LogP contribution is -2.48. The van der Waals surface area contributed by atoms with Crippen LogP contribution in [0.25, 0.3) is 0 Å². The highest BCUT2D eigenvalue weighted by Crippen LogP contribution is 2.30. The summed E-state index contributed by atoms with van der Waals surface area (Å²) in [4.78, 5) is 25.1. The molecule has 2 amide bonds. The third-order valence-corrected chi connectivity index (χ3v) is 4.38. The minimum atomic E-state index is -0.392. The summed E-state index contributed by atoms with van der Waals surface area (Å²) in [6, 6.07) is -0.392. The monoisotopic (exact) mass is 253 g/mol. The molecule has 2 aliphatic rings. The van der Waals surface area contributed by atoms with Gasteiger partial charge in [-0.1, -0.05) is 0 Å². The van der Waals surface area contributed by atoms with E-state index in [-0.39, 0.29) is 23.7 Å². The second-order valence-electron chi connectivity index (χ2n) is 5.57. The number of rotatable bonds is 3. The molecule has 1 unspecified atom stereocenters. The van der Waals surface area contributed by atoms with Crippen molar-refractivity contribution in [3.8, 4) is 0 Å². The van der Waals surface area contributed by atoms with E-state index < -0.39 is 6.04 Å². The van der Waals surface area contributed by atoms with Gasteiger partial charge in [-0.3, -0.25) is 9.59 Å². The van der Waals surface area contributed by atoms with Crippen molar-refractivity contribution in [2.75, 3.05) is 13.1 Å². The Labute approximate surface area is 108 Å². The van der Waals surface area contributed by atoms with Crippen LogP contribution in [0.4, 0.5) is 0 Å². The number of hydrogen-bond donors (Lipinski definition) is 2. The zero-order valence-electron chi connectivity index (χ0n) is 10.8. The molecule has 1 heterocycles. The van der Waals surface area contributed by atoms with Crippen LogP contribution in [0.15, 0.2) is 0 Å². The number of carbonyl (C=O) groups excluding carboxylic acids is 2. The lowest BCUT2D eigenvalue weighted by molar-refractivity contribution is -0.133. The van der Waals surface area contributed by atoms with Crippen molar-refractivity contribution in [3.63, 3.8) is 0 Å². The Kier molecular flexibility index (Phi) is 4.22. The lowest BCUT2D eigenvalue weighted by atomic mass is 9.78. The van der Waals surface area contributed by atoms with E-state index >= 15 is 0 Å². The largest absolute Gasteiger partial charge is 0.369 e. The van der Waals surface area contributed by atoms with Gasteiger partial charge in [0.25, 0.3) is 0 Å². The molecule has 5 nitrogen and oxygen atoms in total. The van der Waals surface area contributed by atoms with E-state index in [0.717, 1.165) is 51.6 Å².